The molecule has 1 saturated heterocycles. The van der Waals surface area contributed by atoms with E-state index in [-0.39, 0.29) is 104 Å². The molecule has 456 valence electrons. The minimum absolute atomic E-state index is 0.00102. The van der Waals surface area contributed by atoms with Crippen molar-refractivity contribution in [3.8, 4) is 11.5 Å². The van der Waals surface area contributed by atoms with Gasteiger partial charge in [-0.1, -0.05) is 30.3 Å². The number of benzene rings is 1. The monoisotopic (exact) mass is 1160 g/mol. The molecule has 4 aromatic rings. The summed E-state index contributed by atoms with van der Waals surface area (Å²) in [6.07, 6.45) is 12.1. The molecule has 7 atom stereocenters. The first kappa shape index (κ1) is 62.0. The zero-order valence-electron chi connectivity index (χ0n) is 47.9. The molecule has 9 rings (SSSR count). The number of amides is 1. The maximum atomic E-state index is 13.5. The van der Waals surface area contributed by atoms with Crippen LogP contribution in [-0.4, -0.2) is 208 Å². The summed E-state index contributed by atoms with van der Waals surface area (Å²) in [5.74, 6) is -0.153. The fraction of sp³-hybridized carbons (Fsp3) is 0.690. The Hall–Kier alpha value is -5.58. The average Bonchev–Trinajstić information content (AvgIpc) is 1.62. The van der Waals surface area contributed by atoms with E-state index in [9.17, 15) is 29.7 Å². The van der Waals surface area contributed by atoms with E-state index in [1.807, 2.05) is 19.9 Å². The van der Waals surface area contributed by atoms with Crippen molar-refractivity contribution < 1.29 is 77.4 Å². The van der Waals surface area contributed by atoms with Crippen LogP contribution in [0.3, 0.4) is 0 Å². The Balaban J connectivity index is 0.656. The smallest absolute Gasteiger partial charge is 0.313 e. The number of carboxylic acids is 1. The van der Waals surface area contributed by atoms with E-state index in [0.29, 0.717) is 119 Å². The van der Waals surface area contributed by atoms with Crippen LogP contribution in [0.2, 0.25) is 0 Å². The van der Waals surface area contributed by atoms with Gasteiger partial charge in [-0.25, -0.2) is 9.36 Å². The Morgan fingerprint density at radius 3 is 1.90 bits per heavy atom. The lowest BCUT2D eigenvalue weighted by molar-refractivity contribution is -0.191. The van der Waals surface area contributed by atoms with Gasteiger partial charge in [0, 0.05) is 46.9 Å². The van der Waals surface area contributed by atoms with E-state index < -0.39 is 39.9 Å². The molecule has 0 radical (unpaired) electrons. The number of aliphatic hydroxyl groups is 3. The molecule has 5 aliphatic rings. The van der Waals surface area contributed by atoms with Crippen LogP contribution >= 0.6 is 0 Å². The number of hydrogen-bond donors (Lipinski definition) is 5. The minimum Gasteiger partial charge on any atom is -0.483 e. The molecule has 3 aromatic heterocycles. The summed E-state index contributed by atoms with van der Waals surface area (Å²) in [4.78, 5) is 44.0. The lowest BCUT2D eigenvalue weighted by atomic mass is 9.48. The number of carbonyl (C=O) groups excluding carboxylic acids is 2. The quantitative estimate of drug-likeness (QED) is 0.0244. The number of aromatic nitrogens is 7. The molecule has 1 amide bonds. The first-order chi connectivity index (χ1) is 40.4. The van der Waals surface area contributed by atoms with Crippen molar-refractivity contribution in [1.82, 2.24) is 45.2 Å². The molecule has 5 heterocycles. The molecule has 1 spiro atoms. The number of hydrogen-bond acceptors (Lipinski definition) is 21. The molecule has 2 aliphatic heterocycles. The van der Waals surface area contributed by atoms with Crippen LogP contribution in [0.4, 0.5) is 0 Å². The number of nitrogens with zero attached hydrogens (tertiary/aromatic N) is 8. The lowest BCUT2D eigenvalue weighted by Crippen LogP contribution is -2.78. The second kappa shape index (κ2) is 29.0. The van der Waals surface area contributed by atoms with Crippen molar-refractivity contribution in [3.05, 3.63) is 77.1 Å². The fourth-order valence-corrected chi connectivity index (χ4v) is 12.1. The highest BCUT2D eigenvalue weighted by Crippen LogP contribution is 2.65. The molecule has 25 heteroatoms. The van der Waals surface area contributed by atoms with Crippen molar-refractivity contribution in [3.63, 3.8) is 0 Å². The maximum Gasteiger partial charge on any atom is 0.313 e. The van der Waals surface area contributed by atoms with Gasteiger partial charge < -0.3 is 68.4 Å². The van der Waals surface area contributed by atoms with Gasteiger partial charge in [0.2, 0.25) is 0 Å². The summed E-state index contributed by atoms with van der Waals surface area (Å²) >= 11 is 0. The van der Waals surface area contributed by atoms with Gasteiger partial charge in [-0.15, -0.1) is 10.2 Å². The first-order valence-corrected chi connectivity index (χ1v) is 29.3. The standard InChI is InChI=1S/C58H83N9O16/c1-3-55(35-68,37-79-33-44-31-66(63-61-44)19-23-77-27-25-75-21-12-49(70)71)39-81-40-56(4-2,36-69)38-80-34-45-32-67(64-62-45)20-24-78-28-26-76-22-13-50(72)82-47-8-7-43-29-48-58(74)14-9-46(60-54(73)42-10-16-59-17-11-42)53-57(58,51(43)52(47)83-53)15-18-65(48)30-41-5-6-41/h7-8,10-11,16-17,31-32,41,46,48,53,68-69,74H,3-6,9,12-15,18-30,33-40H2,1-2H3,(H,60,73)(H,70,71)/t46-,48?,53+,55?,56?,57?,58-/m1/s1. The van der Waals surface area contributed by atoms with Gasteiger partial charge in [0.25, 0.3) is 5.91 Å². The maximum absolute atomic E-state index is 13.5. The zero-order chi connectivity index (χ0) is 58.3. The van der Waals surface area contributed by atoms with Gasteiger partial charge >= 0.3 is 11.9 Å². The van der Waals surface area contributed by atoms with Crippen molar-refractivity contribution >= 4 is 17.8 Å². The van der Waals surface area contributed by atoms with Crippen molar-refractivity contribution in [1.29, 1.82) is 0 Å². The SMILES string of the molecule is CCC(CO)(COCc1cn(CCOCCOCCC(=O)O)nn1)COCC(CC)(CO)COCc1cn(CCOCCOCCC(=O)Oc2ccc3c4c2O[C@H]2[C@H](NC(=O)c5ccncc5)CC[C@@]5(O)C(C3)N(CC3CC3)CCC425)nn1. The number of aliphatic hydroxyl groups excluding tert-OH is 2. The molecular formula is C58H83N9O16. The highest BCUT2D eigenvalue weighted by atomic mass is 16.6. The van der Waals surface area contributed by atoms with Crippen molar-refractivity contribution in [2.75, 3.05) is 106 Å². The Kier molecular flexibility index (Phi) is 21.7. The number of piperidine rings is 1. The Morgan fingerprint density at radius 1 is 0.735 bits per heavy atom. The fourth-order valence-electron chi connectivity index (χ4n) is 12.1. The predicted molar refractivity (Wildman–Crippen MR) is 294 cm³/mol. The van der Waals surface area contributed by atoms with Crippen molar-refractivity contribution in [2.45, 2.75) is 134 Å². The summed E-state index contributed by atoms with van der Waals surface area (Å²) in [6.45, 7) is 9.62. The number of likely N-dealkylation sites (tertiary alicyclic amines) is 1. The van der Waals surface area contributed by atoms with Gasteiger partial charge in [0.15, 0.2) is 11.5 Å². The number of pyridine rings is 1. The van der Waals surface area contributed by atoms with Crippen LogP contribution in [0.1, 0.15) is 105 Å². The zero-order valence-corrected chi connectivity index (χ0v) is 47.9. The van der Waals surface area contributed by atoms with E-state index in [0.717, 1.165) is 24.2 Å². The topological polar surface area (TPSA) is 305 Å². The van der Waals surface area contributed by atoms with Crippen LogP contribution in [0.5, 0.6) is 11.5 Å². The molecule has 2 saturated carbocycles. The second-order valence-electron chi connectivity index (χ2n) is 22.9. The van der Waals surface area contributed by atoms with Gasteiger partial charge in [-0.3, -0.25) is 24.3 Å². The third-order valence-electron chi connectivity index (χ3n) is 17.3. The summed E-state index contributed by atoms with van der Waals surface area (Å²) in [7, 11) is 0. The molecule has 25 nitrogen and oxygen atoms in total. The van der Waals surface area contributed by atoms with E-state index in [4.69, 9.17) is 47.7 Å². The second-order valence-corrected chi connectivity index (χ2v) is 22.9. The van der Waals surface area contributed by atoms with Crippen LogP contribution < -0.4 is 14.8 Å². The number of ether oxygens (including phenoxy) is 9. The van der Waals surface area contributed by atoms with E-state index >= 15 is 0 Å². The summed E-state index contributed by atoms with van der Waals surface area (Å²) in [5.41, 5.74) is 0.502. The van der Waals surface area contributed by atoms with Crippen molar-refractivity contribution in [2.24, 2.45) is 16.7 Å². The Bertz CT molecular complexity index is 2720. The van der Waals surface area contributed by atoms with Crippen LogP contribution in [0.25, 0.3) is 0 Å². The normalized spacial score (nSPS) is 23.0. The molecular weight excluding hydrogens is 1080 g/mol. The minimum atomic E-state index is -1.08. The third kappa shape index (κ3) is 15.1. The summed E-state index contributed by atoms with van der Waals surface area (Å²) < 4.78 is 56.7. The van der Waals surface area contributed by atoms with Crippen LogP contribution in [0, 0.1) is 16.7 Å². The lowest BCUT2D eigenvalue weighted by Gasteiger charge is -2.64. The number of esters is 1. The molecule has 83 heavy (non-hydrogen) atoms. The third-order valence-corrected chi connectivity index (χ3v) is 17.3. The highest BCUT2D eigenvalue weighted by molar-refractivity contribution is 5.94. The van der Waals surface area contributed by atoms with Gasteiger partial charge in [0.05, 0.1) is 161 Å². The molecule has 3 aliphatic carbocycles. The first-order valence-electron chi connectivity index (χ1n) is 29.3. The molecule has 2 bridgehead atoms. The van der Waals surface area contributed by atoms with Gasteiger partial charge in [0.1, 0.15) is 17.5 Å². The number of aliphatic carboxylic acids is 1. The van der Waals surface area contributed by atoms with Gasteiger partial charge in [-0.2, -0.15) is 0 Å². The Morgan fingerprint density at radius 2 is 1.33 bits per heavy atom. The van der Waals surface area contributed by atoms with Crippen LogP contribution in [0.15, 0.2) is 49.1 Å². The largest absolute Gasteiger partial charge is 0.483 e. The number of nitrogens with one attached hydrogen (secondary N) is 1. The summed E-state index contributed by atoms with van der Waals surface area (Å²) in [6, 6.07) is 6.72. The van der Waals surface area contributed by atoms with E-state index in [1.165, 1.54) is 12.8 Å². The average molecular weight is 1160 g/mol. The molecule has 5 N–H and O–H groups in total. The molecule has 3 fully saturated rings. The van der Waals surface area contributed by atoms with E-state index in [2.05, 4.69) is 35.8 Å². The van der Waals surface area contributed by atoms with E-state index in [1.54, 1.807) is 52.4 Å². The number of carbonyl (C=O) groups is 3. The van der Waals surface area contributed by atoms with Gasteiger partial charge in [-0.05, 0) is 87.6 Å². The summed E-state index contributed by atoms with van der Waals surface area (Å²) in [5, 5.41) is 62.5. The highest BCUT2D eigenvalue weighted by Gasteiger charge is 2.73. The number of carboxylic acid groups (broad SMARTS) is 1. The Labute approximate surface area is 483 Å². The predicted octanol–water partition coefficient (Wildman–Crippen LogP) is 2.69. The molecule has 1 aromatic carbocycles. The van der Waals surface area contributed by atoms with Crippen LogP contribution in [-0.2, 0) is 80.9 Å². The number of rotatable bonds is 39. The molecule has 4 unspecified atom stereocenters.